The van der Waals surface area contributed by atoms with Crippen LogP contribution in [-0.2, 0) is 6.54 Å². The SMILES string of the molecule is CCNC(=NCc1ccco1)NCC(c1c(F)cccc1F)N(C)C.I. The zero-order chi connectivity index (χ0) is 18.2. The molecule has 1 atom stereocenters. The molecule has 8 heteroatoms. The van der Waals surface area contributed by atoms with Gasteiger partial charge < -0.3 is 20.0 Å². The predicted octanol–water partition coefficient (Wildman–Crippen LogP) is 3.53. The Balaban J connectivity index is 0.00000338. The molecular weight excluding hydrogens is 453 g/mol. The molecule has 1 aromatic heterocycles. The third-order valence-corrected chi connectivity index (χ3v) is 3.74. The van der Waals surface area contributed by atoms with E-state index in [1.807, 2.05) is 13.0 Å². The second-order valence-electron chi connectivity index (χ2n) is 5.77. The van der Waals surface area contributed by atoms with Crippen molar-refractivity contribution in [2.24, 2.45) is 4.99 Å². The lowest BCUT2D eigenvalue weighted by Crippen LogP contribution is -2.42. The molecule has 0 saturated carbocycles. The van der Waals surface area contributed by atoms with Crippen molar-refractivity contribution in [3.8, 4) is 0 Å². The Bertz CT molecular complexity index is 672. The quantitative estimate of drug-likeness (QED) is 0.363. The first-order valence-electron chi connectivity index (χ1n) is 8.17. The molecule has 5 nitrogen and oxygen atoms in total. The molecule has 0 spiro atoms. The normalized spacial score (nSPS) is 12.6. The summed E-state index contributed by atoms with van der Waals surface area (Å²) in [6.07, 6.45) is 1.59. The molecule has 144 valence electrons. The minimum atomic E-state index is -0.557. The number of hydrogen-bond donors (Lipinski definition) is 2. The lowest BCUT2D eigenvalue weighted by Gasteiger charge is -2.26. The summed E-state index contributed by atoms with van der Waals surface area (Å²) >= 11 is 0. The van der Waals surface area contributed by atoms with Crippen LogP contribution in [-0.4, -0.2) is 38.0 Å². The topological polar surface area (TPSA) is 52.8 Å². The molecule has 0 aliphatic rings. The molecule has 0 radical (unpaired) electrons. The summed E-state index contributed by atoms with van der Waals surface area (Å²) in [5.74, 6) is 0.181. The molecule has 1 heterocycles. The summed E-state index contributed by atoms with van der Waals surface area (Å²) < 4.78 is 33.5. The number of halogens is 3. The number of rotatable bonds is 7. The van der Waals surface area contributed by atoms with Crippen LogP contribution in [0.3, 0.4) is 0 Å². The maximum Gasteiger partial charge on any atom is 0.191 e. The van der Waals surface area contributed by atoms with Gasteiger partial charge in [0, 0.05) is 18.7 Å². The largest absolute Gasteiger partial charge is 0.467 e. The maximum atomic E-state index is 14.1. The van der Waals surface area contributed by atoms with Crippen molar-refractivity contribution < 1.29 is 13.2 Å². The van der Waals surface area contributed by atoms with E-state index in [1.54, 1.807) is 31.3 Å². The smallest absolute Gasteiger partial charge is 0.191 e. The van der Waals surface area contributed by atoms with E-state index in [9.17, 15) is 8.78 Å². The van der Waals surface area contributed by atoms with Crippen molar-refractivity contribution in [1.82, 2.24) is 15.5 Å². The van der Waals surface area contributed by atoms with Gasteiger partial charge in [0.25, 0.3) is 0 Å². The van der Waals surface area contributed by atoms with E-state index >= 15 is 0 Å². The maximum absolute atomic E-state index is 14.1. The predicted molar refractivity (Wildman–Crippen MR) is 110 cm³/mol. The number of guanidine groups is 1. The van der Waals surface area contributed by atoms with Crippen molar-refractivity contribution >= 4 is 29.9 Å². The zero-order valence-electron chi connectivity index (χ0n) is 15.1. The fraction of sp³-hybridized carbons (Fsp3) is 0.389. The van der Waals surface area contributed by atoms with Gasteiger partial charge in [-0.25, -0.2) is 13.8 Å². The van der Waals surface area contributed by atoms with Gasteiger partial charge in [0.05, 0.1) is 12.3 Å². The van der Waals surface area contributed by atoms with Gasteiger partial charge in [0.1, 0.15) is 23.9 Å². The highest BCUT2D eigenvalue weighted by molar-refractivity contribution is 14.0. The molecule has 0 aliphatic heterocycles. The van der Waals surface area contributed by atoms with Crippen LogP contribution in [0.1, 0.15) is 24.3 Å². The Morgan fingerprint density at radius 3 is 2.38 bits per heavy atom. The van der Waals surface area contributed by atoms with Gasteiger partial charge in [0.15, 0.2) is 5.96 Å². The number of aliphatic imine (C=N–C) groups is 1. The van der Waals surface area contributed by atoms with Gasteiger partial charge in [-0.15, -0.1) is 24.0 Å². The average molecular weight is 478 g/mol. The van der Waals surface area contributed by atoms with Crippen molar-refractivity contribution in [2.45, 2.75) is 19.5 Å². The summed E-state index contributed by atoms with van der Waals surface area (Å²) in [4.78, 5) is 6.19. The molecule has 1 unspecified atom stereocenters. The standard InChI is InChI=1S/C18H24F2N4O.HI/c1-4-21-18(22-11-13-7-6-10-25-13)23-12-16(24(2)3)17-14(19)8-5-9-15(17)20;/h5-10,16H,4,11-12H2,1-3H3,(H2,21,22,23);1H. The van der Waals surface area contributed by atoms with Crippen molar-refractivity contribution in [3.63, 3.8) is 0 Å². The van der Waals surface area contributed by atoms with Crippen molar-refractivity contribution in [1.29, 1.82) is 0 Å². The number of nitrogens with one attached hydrogen (secondary N) is 2. The third-order valence-electron chi connectivity index (χ3n) is 3.74. The first-order chi connectivity index (χ1) is 12.0. The molecule has 0 amide bonds. The summed E-state index contributed by atoms with van der Waals surface area (Å²) in [6.45, 7) is 3.30. The Labute approximate surface area is 169 Å². The molecule has 0 saturated heterocycles. The molecule has 0 bridgehead atoms. The summed E-state index contributed by atoms with van der Waals surface area (Å²) in [6, 6.07) is 7.06. The van der Waals surface area contributed by atoms with Crippen LogP contribution in [0.25, 0.3) is 0 Å². The second-order valence-corrected chi connectivity index (χ2v) is 5.77. The van der Waals surface area contributed by atoms with E-state index < -0.39 is 17.7 Å². The number of likely N-dealkylation sites (N-methyl/N-ethyl adjacent to an activating group) is 1. The first-order valence-corrected chi connectivity index (χ1v) is 8.17. The van der Waals surface area contributed by atoms with Crippen LogP contribution < -0.4 is 10.6 Å². The minimum absolute atomic E-state index is 0. The van der Waals surface area contributed by atoms with Crippen LogP contribution in [0.2, 0.25) is 0 Å². The van der Waals surface area contributed by atoms with E-state index in [1.165, 1.54) is 18.2 Å². The highest BCUT2D eigenvalue weighted by Gasteiger charge is 2.22. The molecule has 2 N–H and O–H groups in total. The zero-order valence-corrected chi connectivity index (χ0v) is 17.5. The third kappa shape index (κ3) is 6.24. The van der Waals surface area contributed by atoms with Crippen molar-refractivity contribution in [2.75, 3.05) is 27.2 Å². The fourth-order valence-corrected chi connectivity index (χ4v) is 2.47. The number of hydrogen-bond acceptors (Lipinski definition) is 3. The van der Waals surface area contributed by atoms with E-state index in [0.717, 1.165) is 5.76 Å². The second kappa shape index (κ2) is 11.1. The number of nitrogens with zero attached hydrogens (tertiary/aromatic N) is 2. The van der Waals surface area contributed by atoms with E-state index in [-0.39, 0.29) is 29.5 Å². The van der Waals surface area contributed by atoms with E-state index in [4.69, 9.17) is 4.42 Å². The number of furan rings is 1. The van der Waals surface area contributed by atoms with Gasteiger partial charge in [-0.05, 0) is 45.3 Å². The first kappa shape index (κ1) is 22.4. The summed E-state index contributed by atoms with van der Waals surface area (Å²) in [5, 5.41) is 6.25. The van der Waals surface area contributed by atoms with E-state index in [0.29, 0.717) is 25.6 Å². The Morgan fingerprint density at radius 1 is 1.15 bits per heavy atom. The van der Waals surface area contributed by atoms with Crippen molar-refractivity contribution in [3.05, 3.63) is 59.6 Å². The van der Waals surface area contributed by atoms with Gasteiger partial charge in [-0.2, -0.15) is 0 Å². The molecule has 2 aromatic rings. The minimum Gasteiger partial charge on any atom is -0.467 e. The molecule has 26 heavy (non-hydrogen) atoms. The summed E-state index contributed by atoms with van der Waals surface area (Å²) in [5.41, 5.74) is 0.0434. The van der Waals surface area contributed by atoms with Gasteiger partial charge >= 0.3 is 0 Å². The molecule has 0 fully saturated rings. The van der Waals surface area contributed by atoms with Crippen LogP contribution in [0.4, 0.5) is 8.78 Å². The molecule has 1 aromatic carbocycles. The fourth-order valence-electron chi connectivity index (χ4n) is 2.47. The average Bonchev–Trinajstić information content (AvgIpc) is 3.08. The Kier molecular flexibility index (Phi) is 9.57. The highest BCUT2D eigenvalue weighted by atomic mass is 127. The van der Waals surface area contributed by atoms with Crippen LogP contribution >= 0.6 is 24.0 Å². The van der Waals surface area contributed by atoms with Gasteiger partial charge in [-0.1, -0.05) is 6.07 Å². The van der Waals surface area contributed by atoms with Crippen LogP contribution in [0, 0.1) is 11.6 Å². The Morgan fingerprint density at radius 2 is 1.85 bits per heavy atom. The van der Waals surface area contributed by atoms with Gasteiger partial charge in [0.2, 0.25) is 0 Å². The molecule has 2 rings (SSSR count). The summed E-state index contributed by atoms with van der Waals surface area (Å²) in [7, 11) is 3.57. The molecular formula is C18H25F2IN4O. The van der Waals surface area contributed by atoms with Gasteiger partial charge in [-0.3, -0.25) is 0 Å². The van der Waals surface area contributed by atoms with E-state index in [2.05, 4.69) is 15.6 Å². The lowest BCUT2D eigenvalue weighted by atomic mass is 10.0. The lowest BCUT2D eigenvalue weighted by molar-refractivity contribution is 0.282. The van der Waals surface area contributed by atoms with Crippen LogP contribution in [0.15, 0.2) is 46.0 Å². The molecule has 0 aliphatic carbocycles. The number of benzene rings is 1. The Hall–Kier alpha value is -1.68. The monoisotopic (exact) mass is 478 g/mol. The highest BCUT2D eigenvalue weighted by Crippen LogP contribution is 2.23. The van der Waals surface area contributed by atoms with Crippen LogP contribution in [0.5, 0.6) is 0 Å².